The van der Waals surface area contributed by atoms with Crippen molar-refractivity contribution in [3.8, 4) is 0 Å². The van der Waals surface area contributed by atoms with Crippen molar-refractivity contribution in [1.82, 2.24) is 18.6 Å². The van der Waals surface area contributed by atoms with E-state index in [1.165, 1.54) is 24.6 Å². The van der Waals surface area contributed by atoms with Gasteiger partial charge in [0.25, 0.3) is 0 Å². The van der Waals surface area contributed by atoms with Crippen molar-refractivity contribution in [2.75, 3.05) is 43.4 Å². The molecular weight excluding hydrogens is 478 g/mol. The van der Waals surface area contributed by atoms with E-state index in [-0.39, 0.29) is 5.75 Å². The summed E-state index contributed by atoms with van der Waals surface area (Å²) in [5, 5.41) is 0.552. The molecule has 0 N–H and O–H groups in total. The third-order valence-electron chi connectivity index (χ3n) is 7.17. The second kappa shape index (κ2) is 9.82. The Labute approximate surface area is 204 Å². The highest BCUT2D eigenvalue weighted by atomic mass is 35.5. The van der Waals surface area contributed by atoms with Crippen LogP contribution in [-0.4, -0.2) is 65.5 Å². The Morgan fingerprint density at radius 2 is 1.61 bits per heavy atom. The van der Waals surface area contributed by atoms with Crippen LogP contribution in [0, 0.1) is 11.8 Å². The summed E-state index contributed by atoms with van der Waals surface area (Å²) in [6.07, 6.45) is 6.52. The average Bonchev–Trinajstić information content (AvgIpc) is 3.33. The van der Waals surface area contributed by atoms with Crippen molar-refractivity contribution in [2.45, 2.75) is 30.6 Å². The molecule has 5 rings (SSSR count). The maximum atomic E-state index is 12.6. The first kappa shape index (κ1) is 23.0. The lowest BCUT2D eigenvalue weighted by Crippen LogP contribution is -2.42. The number of halogens is 1. The van der Waals surface area contributed by atoms with Gasteiger partial charge in [-0.15, -0.1) is 0 Å². The molecule has 0 bridgehead atoms. The summed E-state index contributed by atoms with van der Waals surface area (Å²) in [5.74, 6) is 1.63. The molecule has 2 aromatic heterocycles. The molecule has 0 amide bonds. The summed E-state index contributed by atoms with van der Waals surface area (Å²) in [6.45, 7) is 4.64. The van der Waals surface area contributed by atoms with Crippen molar-refractivity contribution in [1.29, 1.82) is 0 Å². The highest BCUT2D eigenvalue weighted by molar-refractivity contribution is 7.91. The van der Waals surface area contributed by atoms with Gasteiger partial charge >= 0.3 is 0 Å². The molecule has 0 aliphatic carbocycles. The van der Waals surface area contributed by atoms with E-state index in [1.807, 2.05) is 6.20 Å². The number of fused-ring (bicyclic) bond motifs is 1. The predicted octanol–water partition coefficient (Wildman–Crippen LogP) is 4.14. The summed E-state index contributed by atoms with van der Waals surface area (Å²) >= 11 is 7.10. The number of hydrogen-bond acceptors (Lipinski definition) is 8. The third kappa shape index (κ3) is 5.16. The Hall–Kier alpha value is -1.81. The Kier molecular flexibility index (Phi) is 6.83. The van der Waals surface area contributed by atoms with Gasteiger partial charge in [0.15, 0.2) is 15.5 Å². The lowest BCUT2D eigenvalue weighted by atomic mass is 9.78. The van der Waals surface area contributed by atoms with E-state index < -0.39 is 9.84 Å². The standard InChI is InChI=1S/C23H28ClN5O2S2/c24-19-1-3-20(4-2-19)33(30,31)16-15-28-11-6-17(7-12-28)18-8-13-29(14-9-18)21-5-10-25-23-22(21)26-32-27-23/h1-5,10,17-18H,6-9,11-16H2. The summed E-state index contributed by atoms with van der Waals surface area (Å²) in [6, 6.07) is 8.52. The monoisotopic (exact) mass is 505 g/mol. The zero-order valence-corrected chi connectivity index (χ0v) is 20.8. The first-order valence-electron chi connectivity index (χ1n) is 11.5. The minimum absolute atomic E-state index is 0.156. The highest BCUT2D eigenvalue weighted by Crippen LogP contribution is 2.35. The maximum Gasteiger partial charge on any atom is 0.195 e. The molecule has 33 heavy (non-hydrogen) atoms. The highest BCUT2D eigenvalue weighted by Gasteiger charge is 2.30. The SMILES string of the molecule is O=S(=O)(CCN1CCC(C2CCN(c3ccnc4nsnc34)CC2)CC1)c1ccc(Cl)cc1. The molecule has 10 heteroatoms. The number of nitrogens with zero attached hydrogens (tertiary/aromatic N) is 5. The Morgan fingerprint density at radius 1 is 0.939 bits per heavy atom. The summed E-state index contributed by atoms with van der Waals surface area (Å²) in [7, 11) is -3.27. The fraction of sp³-hybridized carbons (Fsp3) is 0.522. The molecule has 0 atom stereocenters. The average molecular weight is 506 g/mol. The van der Waals surface area contributed by atoms with E-state index >= 15 is 0 Å². The van der Waals surface area contributed by atoms with E-state index in [4.69, 9.17) is 11.6 Å². The summed E-state index contributed by atoms with van der Waals surface area (Å²) in [5.41, 5.74) is 2.82. The van der Waals surface area contributed by atoms with Gasteiger partial charge in [0.1, 0.15) is 5.52 Å². The van der Waals surface area contributed by atoms with Gasteiger partial charge in [-0.1, -0.05) is 11.6 Å². The van der Waals surface area contributed by atoms with Crippen LogP contribution < -0.4 is 4.90 Å². The molecule has 3 aromatic rings. The molecule has 176 valence electrons. The number of aromatic nitrogens is 3. The molecule has 2 aliphatic rings. The number of pyridine rings is 1. The van der Waals surface area contributed by atoms with Gasteiger partial charge in [0, 0.05) is 30.9 Å². The second-order valence-electron chi connectivity index (χ2n) is 9.04. The first-order valence-corrected chi connectivity index (χ1v) is 14.3. The predicted molar refractivity (Wildman–Crippen MR) is 133 cm³/mol. The number of likely N-dealkylation sites (tertiary alicyclic amines) is 1. The van der Waals surface area contributed by atoms with Crippen molar-refractivity contribution < 1.29 is 8.42 Å². The van der Waals surface area contributed by atoms with Gasteiger partial charge in [-0.3, -0.25) is 0 Å². The number of anilines is 1. The maximum absolute atomic E-state index is 12.6. The minimum atomic E-state index is -3.27. The number of rotatable bonds is 6. The van der Waals surface area contributed by atoms with E-state index in [2.05, 4.69) is 29.6 Å². The first-order chi connectivity index (χ1) is 16.0. The Morgan fingerprint density at radius 3 is 2.30 bits per heavy atom. The number of piperidine rings is 2. The van der Waals surface area contributed by atoms with Crippen LogP contribution in [0.15, 0.2) is 41.4 Å². The molecule has 1 aromatic carbocycles. The van der Waals surface area contributed by atoms with Crippen LogP contribution in [0.2, 0.25) is 5.02 Å². The molecule has 0 spiro atoms. The second-order valence-corrected chi connectivity index (χ2v) is 12.1. The molecule has 2 saturated heterocycles. The van der Waals surface area contributed by atoms with Gasteiger partial charge in [-0.05, 0) is 80.9 Å². The molecule has 2 aliphatic heterocycles. The molecule has 0 saturated carbocycles. The fourth-order valence-electron chi connectivity index (χ4n) is 5.21. The van der Waals surface area contributed by atoms with Gasteiger partial charge in [0.2, 0.25) is 0 Å². The van der Waals surface area contributed by atoms with Crippen LogP contribution in [0.1, 0.15) is 25.7 Å². The molecule has 4 heterocycles. The van der Waals surface area contributed by atoms with E-state index in [1.54, 1.807) is 24.3 Å². The topological polar surface area (TPSA) is 79.3 Å². The van der Waals surface area contributed by atoms with Gasteiger partial charge in [0.05, 0.1) is 28.1 Å². The number of sulfone groups is 1. The van der Waals surface area contributed by atoms with Crippen LogP contribution in [-0.2, 0) is 9.84 Å². The van der Waals surface area contributed by atoms with Crippen LogP contribution in [0.25, 0.3) is 11.2 Å². The van der Waals surface area contributed by atoms with Crippen LogP contribution in [0.4, 0.5) is 5.69 Å². The fourth-order valence-corrected chi connectivity index (χ4v) is 7.13. The van der Waals surface area contributed by atoms with Crippen LogP contribution in [0.5, 0.6) is 0 Å². The Bertz CT molecular complexity index is 1190. The van der Waals surface area contributed by atoms with E-state index in [9.17, 15) is 8.42 Å². The molecular formula is C23H28ClN5O2S2. The molecule has 0 radical (unpaired) electrons. The van der Waals surface area contributed by atoms with Gasteiger partial charge in [-0.25, -0.2) is 13.4 Å². The van der Waals surface area contributed by atoms with Crippen LogP contribution >= 0.6 is 23.3 Å². The van der Waals surface area contributed by atoms with Crippen molar-refractivity contribution in [2.24, 2.45) is 11.8 Å². The van der Waals surface area contributed by atoms with E-state index in [0.717, 1.165) is 67.7 Å². The lowest BCUT2D eigenvalue weighted by Gasteiger charge is -2.40. The quantitative estimate of drug-likeness (QED) is 0.498. The zero-order valence-electron chi connectivity index (χ0n) is 18.4. The molecule has 7 nitrogen and oxygen atoms in total. The smallest absolute Gasteiger partial charge is 0.195 e. The third-order valence-corrected chi connectivity index (χ3v) is 9.65. The lowest BCUT2D eigenvalue weighted by molar-refractivity contribution is 0.139. The molecule has 0 unspecified atom stereocenters. The van der Waals surface area contributed by atoms with Crippen LogP contribution in [0.3, 0.4) is 0 Å². The normalized spacial score (nSPS) is 19.4. The Balaban J connectivity index is 1.09. The van der Waals surface area contributed by atoms with Gasteiger partial charge in [-0.2, -0.15) is 8.75 Å². The van der Waals surface area contributed by atoms with Crippen molar-refractivity contribution >= 4 is 50.0 Å². The summed E-state index contributed by atoms with van der Waals surface area (Å²) < 4.78 is 34.0. The van der Waals surface area contributed by atoms with E-state index in [0.29, 0.717) is 16.5 Å². The minimum Gasteiger partial charge on any atom is -0.370 e. The summed E-state index contributed by atoms with van der Waals surface area (Å²) in [4.78, 5) is 9.40. The van der Waals surface area contributed by atoms with Crippen molar-refractivity contribution in [3.63, 3.8) is 0 Å². The van der Waals surface area contributed by atoms with Crippen molar-refractivity contribution in [3.05, 3.63) is 41.6 Å². The largest absolute Gasteiger partial charge is 0.370 e. The molecule has 2 fully saturated rings. The van der Waals surface area contributed by atoms with Gasteiger partial charge < -0.3 is 9.80 Å². The number of benzene rings is 1. The zero-order chi connectivity index (χ0) is 22.8. The number of hydrogen-bond donors (Lipinski definition) is 0.